The van der Waals surface area contributed by atoms with E-state index in [1.54, 1.807) is 54.6 Å². The Labute approximate surface area is 185 Å². The molecule has 31 heavy (non-hydrogen) atoms. The van der Waals surface area contributed by atoms with Crippen molar-refractivity contribution in [2.75, 3.05) is 17.3 Å². The second-order valence-electron chi connectivity index (χ2n) is 6.77. The smallest absolute Gasteiger partial charge is 0.259 e. The number of nitrogens with two attached hydrogens (primary N) is 1. The number of nitrogens with one attached hydrogen (secondary N) is 1. The van der Waals surface area contributed by atoms with Crippen molar-refractivity contribution >= 4 is 44.8 Å². The van der Waals surface area contributed by atoms with Gasteiger partial charge in [0.2, 0.25) is 15.9 Å². The molecular weight excluding hydrogens is 438 g/mol. The number of amides is 2. The fourth-order valence-corrected chi connectivity index (χ4v) is 3.94. The summed E-state index contributed by atoms with van der Waals surface area (Å²) in [6, 6.07) is 19.6. The monoisotopic (exact) mass is 457 g/mol. The average Bonchev–Trinajstić information content (AvgIpc) is 2.74. The summed E-state index contributed by atoms with van der Waals surface area (Å²) in [5.74, 6) is -0.946. The van der Waals surface area contributed by atoms with E-state index in [0.29, 0.717) is 16.3 Å². The number of carbonyl (C=O) groups excluding carboxylic acids is 2. The topological polar surface area (TPSA) is 110 Å². The van der Waals surface area contributed by atoms with Gasteiger partial charge in [-0.1, -0.05) is 48.0 Å². The summed E-state index contributed by atoms with van der Waals surface area (Å²) in [6.07, 6.45) is 0.00179. The highest BCUT2D eigenvalue weighted by Crippen LogP contribution is 2.24. The van der Waals surface area contributed by atoms with Crippen molar-refractivity contribution in [3.05, 3.63) is 88.9 Å². The molecule has 0 saturated carbocycles. The Hall–Kier alpha value is -3.20. The lowest BCUT2D eigenvalue weighted by Crippen LogP contribution is -2.29. The number of hydrogen-bond acceptors (Lipinski definition) is 4. The predicted octanol–water partition coefficient (Wildman–Crippen LogP) is 3.45. The molecule has 0 unspecified atom stereocenters. The molecule has 0 radical (unpaired) electrons. The molecule has 9 heteroatoms. The summed E-state index contributed by atoms with van der Waals surface area (Å²) < 4.78 is 24.3. The standard InChI is InChI=1S/C22H20ClN3O4S/c1-26(17-8-3-2-4-9-17)22(28)18-12-11-16(14-20(18)31(24,29)30)25-21(27)13-15-7-5-6-10-19(15)23/h2-12,14H,13H2,1H3,(H,25,27)(H2,24,29,30). The van der Waals surface area contributed by atoms with Crippen LogP contribution in [0.1, 0.15) is 15.9 Å². The molecule has 0 fully saturated rings. The van der Waals surface area contributed by atoms with Gasteiger partial charge in [-0.2, -0.15) is 0 Å². The van der Waals surface area contributed by atoms with Crippen LogP contribution in [-0.4, -0.2) is 27.3 Å². The molecule has 3 aromatic rings. The summed E-state index contributed by atoms with van der Waals surface area (Å²) >= 11 is 6.07. The number of nitrogens with zero attached hydrogens (tertiary/aromatic N) is 1. The predicted molar refractivity (Wildman–Crippen MR) is 121 cm³/mol. The molecule has 3 rings (SSSR count). The SMILES string of the molecule is CN(C(=O)c1ccc(NC(=O)Cc2ccccc2Cl)cc1S(N)(=O)=O)c1ccccc1. The Balaban J connectivity index is 1.87. The number of halogens is 1. The molecule has 0 aromatic heterocycles. The van der Waals surface area contributed by atoms with E-state index in [-0.39, 0.29) is 22.6 Å². The number of para-hydroxylation sites is 1. The Morgan fingerprint density at radius 2 is 1.65 bits per heavy atom. The van der Waals surface area contributed by atoms with E-state index in [0.717, 1.165) is 0 Å². The number of primary sulfonamides is 1. The van der Waals surface area contributed by atoms with Crippen LogP contribution in [0.5, 0.6) is 0 Å². The zero-order valence-electron chi connectivity index (χ0n) is 16.6. The van der Waals surface area contributed by atoms with Crippen LogP contribution in [0.25, 0.3) is 0 Å². The maximum absolute atomic E-state index is 12.9. The molecule has 0 atom stereocenters. The number of sulfonamides is 1. The second-order valence-corrected chi connectivity index (χ2v) is 8.71. The third-order valence-electron chi connectivity index (χ3n) is 4.56. The van der Waals surface area contributed by atoms with E-state index in [1.165, 1.54) is 30.1 Å². The van der Waals surface area contributed by atoms with Crippen LogP contribution in [0.15, 0.2) is 77.7 Å². The molecule has 0 aliphatic carbocycles. The fourth-order valence-electron chi connectivity index (χ4n) is 2.98. The molecule has 0 aliphatic rings. The first-order valence-electron chi connectivity index (χ1n) is 9.20. The highest BCUT2D eigenvalue weighted by atomic mass is 35.5. The Morgan fingerprint density at radius 1 is 1.00 bits per heavy atom. The minimum absolute atomic E-state index is 0.00179. The lowest BCUT2D eigenvalue weighted by Gasteiger charge is -2.19. The number of rotatable bonds is 6. The Morgan fingerprint density at radius 3 is 2.29 bits per heavy atom. The molecule has 0 spiro atoms. The number of hydrogen-bond donors (Lipinski definition) is 2. The van der Waals surface area contributed by atoms with E-state index < -0.39 is 21.8 Å². The Bertz CT molecular complexity index is 1230. The summed E-state index contributed by atoms with van der Waals surface area (Å²) in [6.45, 7) is 0. The van der Waals surface area contributed by atoms with Crippen molar-refractivity contribution in [1.82, 2.24) is 0 Å². The van der Waals surface area contributed by atoms with Crippen molar-refractivity contribution in [1.29, 1.82) is 0 Å². The summed E-state index contributed by atoms with van der Waals surface area (Å²) in [4.78, 5) is 26.3. The van der Waals surface area contributed by atoms with Gasteiger partial charge in [0, 0.05) is 23.4 Å². The van der Waals surface area contributed by atoms with E-state index in [4.69, 9.17) is 16.7 Å². The summed E-state index contributed by atoms with van der Waals surface area (Å²) in [5.41, 5.74) is 1.31. The molecule has 0 aliphatic heterocycles. The fraction of sp³-hybridized carbons (Fsp3) is 0.0909. The van der Waals surface area contributed by atoms with Crippen LogP contribution >= 0.6 is 11.6 Å². The van der Waals surface area contributed by atoms with E-state index >= 15 is 0 Å². The zero-order chi connectivity index (χ0) is 22.6. The van der Waals surface area contributed by atoms with Crippen LogP contribution in [0.2, 0.25) is 5.02 Å². The van der Waals surface area contributed by atoms with E-state index in [2.05, 4.69) is 5.32 Å². The number of benzene rings is 3. The largest absolute Gasteiger partial charge is 0.326 e. The van der Waals surface area contributed by atoms with Crippen molar-refractivity contribution in [2.24, 2.45) is 5.14 Å². The van der Waals surface area contributed by atoms with Crippen molar-refractivity contribution in [3.63, 3.8) is 0 Å². The van der Waals surface area contributed by atoms with Gasteiger partial charge >= 0.3 is 0 Å². The highest BCUT2D eigenvalue weighted by molar-refractivity contribution is 7.89. The molecular formula is C22H20ClN3O4S. The van der Waals surface area contributed by atoms with Gasteiger partial charge in [0.15, 0.2) is 0 Å². The molecule has 160 valence electrons. The van der Waals surface area contributed by atoms with Crippen LogP contribution in [0.3, 0.4) is 0 Å². The third kappa shape index (κ3) is 5.49. The second kappa shape index (κ2) is 9.30. The molecule has 3 N–H and O–H groups in total. The van der Waals surface area contributed by atoms with Gasteiger partial charge in [-0.05, 0) is 42.0 Å². The minimum Gasteiger partial charge on any atom is -0.326 e. The van der Waals surface area contributed by atoms with Gasteiger partial charge in [-0.15, -0.1) is 0 Å². The summed E-state index contributed by atoms with van der Waals surface area (Å²) in [7, 11) is -2.71. The van der Waals surface area contributed by atoms with Crippen LogP contribution in [0.4, 0.5) is 11.4 Å². The van der Waals surface area contributed by atoms with E-state index in [1.807, 2.05) is 0 Å². The Kier molecular flexibility index (Phi) is 6.74. The van der Waals surface area contributed by atoms with Gasteiger partial charge in [0.1, 0.15) is 0 Å². The third-order valence-corrected chi connectivity index (χ3v) is 5.88. The molecule has 2 amide bonds. The highest BCUT2D eigenvalue weighted by Gasteiger charge is 2.23. The molecule has 3 aromatic carbocycles. The normalized spacial score (nSPS) is 11.1. The first-order valence-corrected chi connectivity index (χ1v) is 11.1. The van der Waals surface area contributed by atoms with Crippen molar-refractivity contribution in [2.45, 2.75) is 11.3 Å². The van der Waals surface area contributed by atoms with Gasteiger partial charge in [0.05, 0.1) is 16.9 Å². The number of anilines is 2. The zero-order valence-corrected chi connectivity index (χ0v) is 18.2. The minimum atomic E-state index is -4.24. The lowest BCUT2D eigenvalue weighted by atomic mass is 10.1. The molecule has 0 saturated heterocycles. The molecule has 0 bridgehead atoms. The summed E-state index contributed by atoms with van der Waals surface area (Å²) in [5, 5.41) is 8.41. The molecule has 7 nitrogen and oxygen atoms in total. The van der Waals surface area contributed by atoms with Crippen molar-refractivity contribution in [3.8, 4) is 0 Å². The molecule has 0 heterocycles. The van der Waals surface area contributed by atoms with Gasteiger partial charge in [-0.25, -0.2) is 13.6 Å². The first-order chi connectivity index (χ1) is 14.7. The first kappa shape index (κ1) is 22.5. The maximum atomic E-state index is 12.9. The quantitative estimate of drug-likeness (QED) is 0.590. The maximum Gasteiger partial charge on any atom is 0.259 e. The van der Waals surface area contributed by atoms with Gasteiger partial charge in [-0.3, -0.25) is 9.59 Å². The van der Waals surface area contributed by atoms with Crippen LogP contribution in [-0.2, 0) is 21.2 Å². The lowest BCUT2D eigenvalue weighted by molar-refractivity contribution is -0.115. The van der Waals surface area contributed by atoms with Crippen LogP contribution < -0.4 is 15.4 Å². The van der Waals surface area contributed by atoms with Crippen molar-refractivity contribution < 1.29 is 18.0 Å². The van der Waals surface area contributed by atoms with E-state index in [9.17, 15) is 18.0 Å². The number of carbonyl (C=O) groups is 2. The average molecular weight is 458 g/mol. The van der Waals surface area contributed by atoms with Crippen LogP contribution in [0, 0.1) is 0 Å². The van der Waals surface area contributed by atoms with Gasteiger partial charge in [0.25, 0.3) is 5.91 Å². The van der Waals surface area contributed by atoms with Gasteiger partial charge < -0.3 is 10.2 Å².